The molecule has 2 rings (SSSR count). The van der Waals surface area contributed by atoms with Crippen LogP contribution in [0.4, 0.5) is 5.69 Å². The normalized spacial score (nSPS) is 11.8. The molecule has 1 unspecified atom stereocenters. The van der Waals surface area contributed by atoms with Crippen LogP contribution < -0.4 is 5.32 Å². The van der Waals surface area contributed by atoms with Gasteiger partial charge in [-0.1, -0.05) is 30.3 Å². The van der Waals surface area contributed by atoms with E-state index in [2.05, 4.69) is 5.32 Å². The van der Waals surface area contributed by atoms with Crippen LogP contribution in [0.15, 0.2) is 42.6 Å². The molecule has 1 atom stereocenters. The largest absolute Gasteiger partial charge is 0.464 e. The molecule has 0 saturated heterocycles. The molecule has 6 heteroatoms. The van der Waals surface area contributed by atoms with Gasteiger partial charge in [0.1, 0.15) is 11.8 Å². The third kappa shape index (κ3) is 4.45. The summed E-state index contributed by atoms with van der Waals surface area (Å²) in [6.45, 7) is 4.47. The van der Waals surface area contributed by atoms with Crippen LogP contribution in [0.1, 0.15) is 29.9 Å². The second-order valence-corrected chi connectivity index (χ2v) is 5.31. The number of nitrogens with one attached hydrogen (secondary N) is 1. The van der Waals surface area contributed by atoms with Gasteiger partial charge in [0.15, 0.2) is 0 Å². The molecule has 128 valence electrons. The summed E-state index contributed by atoms with van der Waals surface area (Å²) in [5.74, 6) is -0.714. The van der Waals surface area contributed by atoms with Crippen molar-refractivity contribution in [2.24, 2.45) is 0 Å². The van der Waals surface area contributed by atoms with Crippen molar-refractivity contribution in [1.82, 2.24) is 4.57 Å². The summed E-state index contributed by atoms with van der Waals surface area (Å²) in [6, 6.07) is 11.3. The van der Waals surface area contributed by atoms with E-state index in [0.29, 0.717) is 24.5 Å². The molecular formula is C18H22N2O4. The van der Waals surface area contributed by atoms with Crippen LogP contribution in [-0.2, 0) is 20.8 Å². The summed E-state index contributed by atoms with van der Waals surface area (Å²) in [5.41, 5.74) is 1.95. The Morgan fingerprint density at radius 2 is 1.96 bits per heavy atom. The van der Waals surface area contributed by atoms with E-state index >= 15 is 0 Å². The summed E-state index contributed by atoms with van der Waals surface area (Å²) < 4.78 is 11.8. The molecule has 0 aliphatic heterocycles. The maximum atomic E-state index is 12.1. The van der Waals surface area contributed by atoms with Crippen molar-refractivity contribution in [3.63, 3.8) is 0 Å². The first-order valence-corrected chi connectivity index (χ1v) is 7.80. The number of hydrogen-bond donors (Lipinski definition) is 1. The minimum atomic E-state index is -0.561. The molecule has 0 spiro atoms. The first-order valence-electron chi connectivity index (χ1n) is 7.80. The van der Waals surface area contributed by atoms with Gasteiger partial charge in [-0.3, -0.25) is 4.79 Å². The van der Waals surface area contributed by atoms with Crippen molar-refractivity contribution in [2.45, 2.75) is 26.5 Å². The molecule has 0 bridgehead atoms. The Balaban J connectivity index is 2.21. The fourth-order valence-corrected chi connectivity index (χ4v) is 2.33. The standard InChI is InChI=1S/C18H22N2O4/c1-4-24-13(2)17(21)19-15-10-16(18(22)23-3)20(12-15)11-14-8-6-5-7-9-14/h5-10,12-13H,4,11H2,1-3H3,(H,19,21). The lowest BCUT2D eigenvalue weighted by atomic mass is 10.2. The number of benzene rings is 1. The highest BCUT2D eigenvalue weighted by atomic mass is 16.5. The van der Waals surface area contributed by atoms with Crippen molar-refractivity contribution in [3.8, 4) is 0 Å². The number of carbonyl (C=O) groups excluding carboxylic acids is 2. The number of methoxy groups -OCH3 is 1. The average Bonchev–Trinajstić information content (AvgIpc) is 2.97. The van der Waals surface area contributed by atoms with Crippen LogP contribution in [0.3, 0.4) is 0 Å². The Labute approximate surface area is 141 Å². The third-order valence-corrected chi connectivity index (χ3v) is 3.54. The predicted octanol–water partition coefficient (Wildman–Crippen LogP) is 2.69. The Morgan fingerprint density at radius 3 is 2.58 bits per heavy atom. The molecule has 0 radical (unpaired) electrons. The second-order valence-electron chi connectivity index (χ2n) is 5.31. The van der Waals surface area contributed by atoms with E-state index in [1.54, 1.807) is 23.8 Å². The molecule has 1 aromatic heterocycles. The molecule has 1 heterocycles. The van der Waals surface area contributed by atoms with Gasteiger partial charge in [-0.05, 0) is 25.5 Å². The van der Waals surface area contributed by atoms with Crippen LogP contribution in [0.2, 0.25) is 0 Å². The first-order chi connectivity index (χ1) is 11.5. The Bertz CT molecular complexity index is 694. The van der Waals surface area contributed by atoms with E-state index in [1.165, 1.54) is 7.11 Å². The molecule has 0 aliphatic rings. The Morgan fingerprint density at radius 1 is 1.25 bits per heavy atom. The number of ether oxygens (including phenoxy) is 2. The lowest BCUT2D eigenvalue weighted by Crippen LogP contribution is -2.27. The van der Waals surface area contributed by atoms with Crippen molar-refractivity contribution in [2.75, 3.05) is 19.0 Å². The summed E-state index contributed by atoms with van der Waals surface area (Å²) in [7, 11) is 1.33. The topological polar surface area (TPSA) is 69.6 Å². The van der Waals surface area contributed by atoms with Crippen LogP contribution in [-0.4, -0.2) is 36.3 Å². The minimum absolute atomic E-state index is 0.259. The molecule has 0 fully saturated rings. The van der Waals surface area contributed by atoms with Crippen molar-refractivity contribution in [1.29, 1.82) is 0 Å². The highest BCUT2D eigenvalue weighted by Crippen LogP contribution is 2.17. The SMILES string of the molecule is CCOC(C)C(=O)Nc1cc(C(=O)OC)n(Cc2ccccc2)c1. The molecule has 0 saturated carbocycles. The van der Waals surface area contributed by atoms with Gasteiger partial charge in [0.25, 0.3) is 5.91 Å². The van der Waals surface area contributed by atoms with Crippen molar-refractivity contribution in [3.05, 3.63) is 53.9 Å². The fourth-order valence-electron chi connectivity index (χ4n) is 2.33. The highest BCUT2D eigenvalue weighted by Gasteiger charge is 2.18. The van der Waals surface area contributed by atoms with E-state index < -0.39 is 12.1 Å². The number of anilines is 1. The maximum absolute atomic E-state index is 12.1. The van der Waals surface area contributed by atoms with Gasteiger partial charge in [-0.2, -0.15) is 0 Å². The van der Waals surface area contributed by atoms with Gasteiger partial charge in [0, 0.05) is 19.3 Å². The molecule has 1 N–H and O–H groups in total. The zero-order valence-electron chi connectivity index (χ0n) is 14.1. The maximum Gasteiger partial charge on any atom is 0.354 e. The summed E-state index contributed by atoms with van der Waals surface area (Å²) in [5, 5.41) is 2.76. The Hall–Kier alpha value is -2.60. The third-order valence-electron chi connectivity index (χ3n) is 3.54. The number of aromatic nitrogens is 1. The zero-order valence-corrected chi connectivity index (χ0v) is 14.1. The number of nitrogens with zero attached hydrogens (tertiary/aromatic N) is 1. The van der Waals surface area contributed by atoms with E-state index in [9.17, 15) is 9.59 Å². The predicted molar refractivity (Wildman–Crippen MR) is 91.0 cm³/mol. The molecule has 0 aliphatic carbocycles. The average molecular weight is 330 g/mol. The molecular weight excluding hydrogens is 308 g/mol. The fraction of sp³-hybridized carbons (Fsp3) is 0.333. The van der Waals surface area contributed by atoms with Crippen molar-refractivity contribution < 1.29 is 19.1 Å². The van der Waals surface area contributed by atoms with Gasteiger partial charge >= 0.3 is 5.97 Å². The van der Waals surface area contributed by atoms with E-state index in [4.69, 9.17) is 9.47 Å². The van der Waals surface area contributed by atoms with E-state index in [-0.39, 0.29) is 5.91 Å². The van der Waals surface area contributed by atoms with Crippen LogP contribution in [0, 0.1) is 0 Å². The van der Waals surface area contributed by atoms with Crippen LogP contribution >= 0.6 is 0 Å². The molecule has 24 heavy (non-hydrogen) atoms. The van der Waals surface area contributed by atoms with E-state index in [0.717, 1.165) is 5.56 Å². The summed E-state index contributed by atoms with van der Waals surface area (Å²) in [4.78, 5) is 24.0. The van der Waals surface area contributed by atoms with Crippen molar-refractivity contribution >= 4 is 17.6 Å². The smallest absolute Gasteiger partial charge is 0.354 e. The first kappa shape index (κ1) is 17.7. The number of amides is 1. The monoisotopic (exact) mass is 330 g/mol. The van der Waals surface area contributed by atoms with Crippen LogP contribution in [0.5, 0.6) is 0 Å². The number of carbonyl (C=O) groups is 2. The number of hydrogen-bond acceptors (Lipinski definition) is 4. The second kappa shape index (κ2) is 8.31. The van der Waals surface area contributed by atoms with Crippen LogP contribution in [0.25, 0.3) is 0 Å². The van der Waals surface area contributed by atoms with Gasteiger partial charge in [0.05, 0.1) is 12.8 Å². The highest BCUT2D eigenvalue weighted by molar-refractivity contribution is 5.96. The number of esters is 1. The molecule has 1 aromatic carbocycles. The quantitative estimate of drug-likeness (QED) is 0.793. The number of rotatable bonds is 7. The Kier molecular flexibility index (Phi) is 6.14. The van der Waals surface area contributed by atoms with Gasteiger partial charge in [-0.15, -0.1) is 0 Å². The van der Waals surface area contributed by atoms with E-state index in [1.807, 2.05) is 37.3 Å². The molecule has 1 amide bonds. The summed E-state index contributed by atoms with van der Waals surface area (Å²) in [6.07, 6.45) is 1.16. The molecule has 2 aromatic rings. The minimum Gasteiger partial charge on any atom is -0.464 e. The zero-order chi connectivity index (χ0) is 17.5. The van der Waals surface area contributed by atoms with Gasteiger partial charge < -0.3 is 19.4 Å². The van der Waals surface area contributed by atoms with Gasteiger partial charge in [0.2, 0.25) is 0 Å². The molecule has 6 nitrogen and oxygen atoms in total. The van der Waals surface area contributed by atoms with Gasteiger partial charge in [-0.25, -0.2) is 4.79 Å². The lowest BCUT2D eigenvalue weighted by Gasteiger charge is -2.10. The lowest BCUT2D eigenvalue weighted by molar-refractivity contribution is -0.126. The summed E-state index contributed by atoms with van der Waals surface area (Å²) >= 11 is 0.